The zero-order valence-electron chi connectivity index (χ0n) is 12.1. The molecule has 0 aromatic heterocycles. The zero-order valence-corrected chi connectivity index (χ0v) is 12.1. The summed E-state index contributed by atoms with van der Waals surface area (Å²) in [6, 6.07) is 5.39. The Morgan fingerprint density at radius 3 is 2.79 bits per heavy atom. The van der Waals surface area contributed by atoms with E-state index in [4.69, 9.17) is 9.47 Å². The first-order chi connectivity index (χ1) is 9.13. The van der Waals surface area contributed by atoms with Crippen LogP contribution in [0.2, 0.25) is 0 Å². The molecule has 0 aliphatic heterocycles. The first kappa shape index (κ1) is 15.8. The summed E-state index contributed by atoms with van der Waals surface area (Å²) >= 11 is 0. The standard InChI is InChI=1S/C15H25NO3/c1-12(2)11-19-8-4-7-16-10-13-5-6-14(17)15(9-13)18-3/h5-6,9,12,16-17H,4,7-8,10-11H2,1-3H3. The molecule has 108 valence electrons. The van der Waals surface area contributed by atoms with Gasteiger partial charge in [0.2, 0.25) is 0 Å². The van der Waals surface area contributed by atoms with Crippen molar-refractivity contribution in [3.8, 4) is 11.5 Å². The van der Waals surface area contributed by atoms with Gasteiger partial charge < -0.3 is 19.9 Å². The van der Waals surface area contributed by atoms with Crippen molar-refractivity contribution in [3.63, 3.8) is 0 Å². The lowest BCUT2D eigenvalue weighted by Gasteiger charge is -2.09. The largest absolute Gasteiger partial charge is 0.504 e. The highest BCUT2D eigenvalue weighted by Gasteiger charge is 2.02. The third-order valence-corrected chi connectivity index (χ3v) is 2.67. The van der Waals surface area contributed by atoms with Crippen LogP contribution >= 0.6 is 0 Å². The molecule has 0 heterocycles. The highest BCUT2D eigenvalue weighted by Crippen LogP contribution is 2.25. The maximum atomic E-state index is 9.49. The van der Waals surface area contributed by atoms with Gasteiger partial charge in [0.25, 0.3) is 0 Å². The quantitative estimate of drug-likeness (QED) is 0.675. The molecule has 0 aliphatic rings. The van der Waals surface area contributed by atoms with Crippen LogP contribution in [0.5, 0.6) is 11.5 Å². The number of hydrogen-bond donors (Lipinski definition) is 2. The van der Waals surface area contributed by atoms with Gasteiger partial charge in [0.05, 0.1) is 7.11 Å². The second-order valence-electron chi connectivity index (χ2n) is 5.01. The molecule has 1 aromatic rings. The third-order valence-electron chi connectivity index (χ3n) is 2.67. The average molecular weight is 267 g/mol. The minimum absolute atomic E-state index is 0.174. The molecule has 0 atom stereocenters. The van der Waals surface area contributed by atoms with Gasteiger partial charge >= 0.3 is 0 Å². The molecule has 0 saturated heterocycles. The van der Waals surface area contributed by atoms with Crippen molar-refractivity contribution in [2.45, 2.75) is 26.8 Å². The molecular weight excluding hydrogens is 242 g/mol. The van der Waals surface area contributed by atoms with E-state index < -0.39 is 0 Å². The van der Waals surface area contributed by atoms with E-state index in [0.717, 1.165) is 38.3 Å². The van der Waals surface area contributed by atoms with Gasteiger partial charge in [0.15, 0.2) is 11.5 Å². The number of methoxy groups -OCH3 is 1. The van der Waals surface area contributed by atoms with Crippen LogP contribution in [0.1, 0.15) is 25.8 Å². The van der Waals surface area contributed by atoms with E-state index in [0.29, 0.717) is 11.7 Å². The normalized spacial score (nSPS) is 10.9. The molecule has 19 heavy (non-hydrogen) atoms. The van der Waals surface area contributed by atoms with E-state index >= 15 is 0 Å². The molecule has 0 radical (unpaired) electrons. The Morgan fingerprint density at radius 2 is 2.11 bits per heavy atom. The van der Waals surface area contributed by atoms with E-state index in [9.17, 15) is 5.11 Å². The smallest absolute Gasteiger partial charge is 0.160 e. The van der Waals surface area contributed by atoms with Crippen LogP contribution in [-0.2, 0) is 11.3 Å². The lowest BCUT2D eigenvalue weighted by atomic mass is 10.2. The van der Waals surface area contributed by atoms with Gasteiger partial charge in [0, 0.05) is 19.8 Å². The molecule has 0 spiro atoms. The lowest BCUT2D eigenvalue weighted by molar-refractivity contribution is 0.108. The van der Waals surface area contributed by atoms with Crippen LogP contribution in [0.4, 0.5) is 0 Å². The van der Waals surface area contributed by atoms with Gasteiger partial charge in [-0.1, -0.05) is 19.9 Å². The lowest BCUT2D eigenvalue weighted by Crippen LogP contribution is -2.17. The van der Waals surface area contributed by atoms with Crippen molar-refractivity contribution in [2.75, 3.05) is 26.9 Å². The van der Waals surface area contributed by atoms with Crippen molar-refractivity contribution in [1.82, 2.24) is 5.32 Å². The van der Waals surface area contributed by atoms with Crippen LogP contribution < -0.4 is 10.1 Å². The van der Waals surface area contributed by atoms with Crippen molar-refractivity contribution in [3.05, 3.63) is 23.8 Å². The summed E-state index contributed by atoms with van der Waals surface area (Å²) in [5.41, 5.74) is 1.10. The monoisotopic (exact) mass is 267 g/mol. The predicted molar refractivity (Wildman–Crippen MR) is 76.6 cm³/mol. The number of phenolic OH excluding ortho intramolecular Hbond substituents is 1. The van der Waals surface area contributed by atoms with E-state index in [1.165, 1.54) is 0 Å². The highest BCUT2D eigenvalue weighted by molar-refractivity contribution is 5.41. The average Bonchev–Trinajstić information content (AvgIpc) is 2.39. The van der Waals surface area contributed by atoms with Crippen LogP contribution in [0.3, 0.4) is 0 Å². The van der Waals surface area contributed by atoms with Crippen molar-refractivity contribution in [1.29, 1.82) is 0 Å². The number of nitrogens with one attached hydrogen (secondary N) is 1. The number of aromatic hydroxyl groups is 1. The molecule has 4 nitrogen and oxygen atoms in total. The zero-order chi connectivity index (χ0) is 14.1. The molecule has 0 bridgehead atoms. The molecule has 4 heteroatoms. The van der Waals surface area contributed by atoms with Gasteiger partial charge in [-0.3, -0.25) is 0 Å². The Hall–Kier alpha value is -1.26. The SMILES string of the molecule is COc1cc(CNCCCOCC(C)C)ccc1O. The first-order valence-corrected chi connectivity index (χ1v) is 6.77. The van der Waals surface area contributed by atoms with E-state index in [1.54, 1.807) is 13.2 Å². The summed E-state index contributed by atoms with van der Waals surface area (Å²) in [6.07, 6.45) is 1.00. The number of benzene rings is 1. The van der Waals surface area contributed by atoms with Crippen molar-refractivity contribution >= 4 is 0 Å². The Balaban J connectivity index is 2.15. The van der Waals surface area contributed by atoms with Gasteiger partial charge in [0.1, 0.15) is 0 Å². The maximum Gasteiger partial charge on any atom is 0.160 e. The Bertz CT molecular complexity index is 366. The van der Waals surface area contributed by atoms with Gasteiger partial charge in [-0.2, -0.15) is 0 Å². The fourth-order valence-electron chi connectivity index (χ4n) is 1.68. The van der Waals surface area contributed by atoms with Gasteiger partial charge in [-0.15, -0.1) is 0 Å². The van der Waals surface area contributed by atoms with Crippen LogP contribution in [0.15, 0.2) is 18.2 Å². The van der Waals surface area contributed by atoms with E-state index in [2.05, 4.69) is 19.2 Å². The Kier molecular flexibility index (Phi) is 7.30. The van der Waals surface area contributed by atoms with Gasteiger partial charge in [-0.25, -0.2) is 0 Å². The van der Waals surface area contributed by atoms with Crippen LogP contribution in [0, 0.1) is 5.92 Å². The number of rotatable bonds is 9. The molecule has 0 unspecified atom stereocenters. The summed E-state index contributed by atoms with van der Waals surface area (Å²) in [4.78, 5) is 0. The minimum Gasteiger partial charge on any atom is -0.504 e. The molecule has 0 fully saturated rings. The molecule has 0 saturated carbocycles. The minimum atomic E-state index is 0.174. The number of hydrogen-bond acceptors (Lipinski definition) is 4. The Morgan fingerprint density at radius 1 is 1.32 bits per heavy atom. The first-order valence-electron chi connectivity index (χ1n) is 6.77. The highest BCUT2D eigenvalue weighted by atomic mass is 16.5. The fourth-order valence-corrected chi connectivity index (χ4v) is 1.68. The second-order valence-corrected chi connectivity index (χ2v) is 5.01. The third kappa shape index (κ3) is 6.45. The molecule has 1 rings (SSSR count). The Labute approximate surface area is 115 Å². The van der Waals surface area contributed by atoms with E-state index in [-0.39, 0.29) is 5.75 Å². The number of phenols is 1. The summed E-state index contributed by atoms with van der Waals surface area (Å²) in [5, 5.41) is 12.8. The van der Waals surface area contributed by atoms with Crippen LogP contribution in [0.25, 0.3) is 0 Å². The molecule has 2 N–H and O–H groups in total. The van der Waals surface area contributed by atoms with E-state index in [1.807, 2.05) is 12.1 Å². The van der Waals surface area contributed by atoms with Crippen LogP contribution in [-0.4, -0.2) is 32.0 Å². The maximum absolute atomic E-state index is 9.49. The summed E-state index contributed by atoms with van der Waals surface area (Å²) in [5.74, 6) is 1.28. The molecule has 1 aromatic carbocycles. The predicted octanol–water partition coefficient (Wildman–Crippen LogP) is 2.55. The molecular formula is C15H25NO3. The summed E-state index contributed by atoms with van der Waals surface area (Å²) in [7, 11) is 1.55. The second kappa shape index (κ2) is 8.77. The van der Waals surface area contributed by atoms with Crippen molar-refractivity contribution < 1.29 is 14.6 Å². The van der Waals surface area contributed by atoms with Crippen molar-refractivity contribution in [2.24, 2.45) is 5.92 Å². The summed E-state index contributed by atoms with van der Waals surface area (Å²) < 4.78 is 10.6. The number of ether oxygens (including phenoxy) is 2. The molecule has 0 amide bonds. The van der Waals surface area contributed by atoms with Gasteiger partial charge in [-0.05, 0) is 36.6 Å². The topological polar surface area (TPSA) is 50.7 Å². The molecule has 0 aliphatic carbocycles. The fraction of sp³-hybridized carbons (Fsp3) is 0.600. The summed E-state index contributed by atoms with van der Waals surface area (Å²) in [6.45, 7) is 7.61.